The maximum Gasteiger partial charge on any atom is 0.319 e. The van der Waals surface area contributed by atoms with Crippen molar-refractivity contribution in [1.82, 2.24) is 10.7 Å². The minimum atomic E-state index is -0.531. The number of urea groups is 1. The third-order valence-corrected chi connectivity index (χ3v) is 3.54. The number of halogens is 1. The summed E-state index contributed by atoms with van der Waals surface area (Å²) in [6.45, 7) is -0.240. The van der Waals surface area contributed by atoms with Gasteiger partial charge in [0, 0.05) is 10.7 Å². The molecule has 3 N–H and O–H groups in total. The monoisotopic (exact) mass is 390 g/mol. The molecule has 2 rings (SSSR count). The lowest BCUT2D eigenvalue weighted by molar-refractivity contribution is -0.120. The second-order valence-corrected chi connectivity index (χ2v) is 5.66. The van der Waals surface area contributed by atoms with Gasteiger partial charge in [-0.1, -0.05) is 17.7 Å². The Balaban J connectivity index is 1.78. The Labute approximate surface area is 161 Å². The first kappa shape index (κ1) is 20.1. The van der Waals surface area contributed by atoms with Crippen LogP contribution in [0.3, 0.4) is 0 Å². The summed E-state index contributed by atoms with van der Waals surface area (Å²) in [6.07, 6.45) is 1.45. The minimum Gasteiger partial charge on any atom is -0.493 e. The van der Waals surface area contributed by atoms with E-state index in [0.717, 1.165) is 0 Å². The van der Waals surface area contributed by atoms with Crippen molar-refractivity contribution in [1.29, 1.82) is 0 Å². The predicted molar refractivity (Wildman–Crippen MR) is 104 cm³/mol. The summed E-state index contributed by atoms with van der Waals surface area (Å²) in [5, 5.41) is 9.31. The molecule has 0 aromatic heterocycles. The summed E-state index contributed by atoms with van der Waals surface area (Å²) in [5.41, 5.74) is 3.55. The van der Waals surface area contributed by atoms with E-state index in [1.54, 1.807) is 49.6 Å². The van der Waals surface area contributed by atoms with Crippen LogP contribution < -0.4 is 25.5 Å². The number of ether oxygens (including phenoxy) is 2. The Morgan fingerprint density at radius 1 is 1.11 bits per heavy atom. The number of hydrogen-bond acceptors (Lipinski definition) is 5. The molecule has 0 heterocycles. The van der Waals surface area contributed by atoms with Crippen molar-refractivity contribution in [3.8, 4) is 11.5 Å². The summed E-state index contributed by atoms with van der Waals surface area (Å²) in [6, 6.07) is 11.3. The van der Waals surface area contributed by atoms with E-state index >= 15 is 0 Å². The standard InChI is InChI=1S/C18H19ClN4O4/c1-26-15-7-6-12(8-16(15)27-2)10-21-23-17(24)11-20-18(25)22-14-5-3-4-13(19)9-14/h3-10H,11H2,1-2H3,(H,23,24)(H2,20,22,25)/b21-10-. The molecule has 0 bridgehead atoms. The number of rotatable bonds is 7. The molecule has 0 aliphatic rings. The van der Waals surface area contributed by atoms with E-state index in [9.17, 15) is 9.59 Å². The molecule has 0 radical (unpaired) electrons. The average Bonchev–Trinajstić information content (AvgIpc) is 2.66. The SMILES string of the molecule is COc1ccc(/C=N\NC(=O)CNC(=O)Nc2cccc(Cl)c2)cc1OC. The minimum absolute atomic E-state index is 0.240. The van der Waals surface area contributed by atoms with Gasteiger partial charge in [0.05, 0.1) is 20.4 Å². The van der Waals surface area contributed by atoms with Crippen LogP contribution in [0.25, 0.3) is 0 Å². The van der Waals surface area contributed by atoms with Crippen molar-refractivity contribution >= 4 is 35.4 Å². The zero-order valence-electron chi connectivity index (χ0n) is 14.8. The van der Waals surface area contributed by atoms with Gasteiger partial charge in [-0.3, -0.25) is 4.79 Å². The van der Waals surface area contributed by atoms with Crippen LogP contribution in [0.15, 0.2) is 47.6 Å². The maximum absolute atomic E-state index is 11.7. The Kier molecular flexibility index (Phi) is 7.45. The summed E-state index contributed by atoms with van der Waals surface area (Å²) < 4.78 is 10.3. The number of anilines is 1. The fraction of sp³-hybridized carbons (Fsp3) is 0.167. The Morgan fingerprint density at radius 3 is 2.59 bits per heavy atom. The van der Waals surface area contributed by atoms with Crippen molar-refractivity contribution < 1.29 is 19.1 Å². The highest BCUT2D eigenvalue weighted by atomic mass is 35.5. The molecule has 0 atom stereocenters. The third-order valence-electron chi connectivity index (χ3n) is 3.30. The number of hydrazone groups is 1. The molecule has 2 aromatic rings. The lowest BCUT2D eigenvalue weighted by atomic mass is 10.2. The molecule has 0 saturated heterocycles. The molecule has 2 aromatic carbocycles. The largest absolute Gasteiger partial charge is 0.493 e. The Morgan fingerprint density at radius 2 is 1.89 bits per heavy atom. The van der Waals surface area contributed by atoms with Crippen molar-refractivity contribution in [2.45, 2.75) is 0 Å². The van der Waals surface area contributed by atoms with Crippen LogP contribution in [0.1, 0.15) is 5.56 Å². The first-order valence-electron chi connectivity index (χ1n) is 7.86. The molecule has 142 valence electrons. The number of benzene rings is 2. The van der Waals surface area contributed by atoms with Gasteiger partial charge in [-0.05, 0) is 42.0 Å². The van der Waals surface area contributed by atoms with Gasteiger partial charge in [0.2, 0.25) is 0 Å². The summed E-state index contributed by atoms with van der Waals surface area (Å²) in [7, 11) is 3.07. The normalized spacial score (nSPS) is 10.3. The number of carbonyl (C=O) groups is 2. The predicted octanol–water partition coefficient (Wildman–Crippen LogP) is 2.63. The topological polar surface area (TPSA) is 101 Å². The molecule has 8 nitrogen and oxygen atoms in total. The average molecular weight is 391 g/mol. The smallest absolute Gasteiger partial charge is 0.319 e. The number of nitrogens with one attached hydrogen (secondary N) is 3. The number of amides is 3. The van der Waals surface area contributed by atoms with Crippen LogP contribution in [-0.2, 0) is 4.79 Å². The van der Waals surface area contributed by atoms with E-state index in [0.29, 0.717) is 27.8 Å². The summed E-state index contributed by atoms with van der Waals surface area (Å²) in [4.78, 5) is 23.5. The van der Waals surface area contributed by atoms with E-state index < -0.39 is 11.9 Å². The van der Waals surface area contributed by atoms with Gasteiger partial charge in [0.1, 0.15) is 6.54 Å². The zero-order valence-corrected chi connectivity index (χ0v) is 15.5. The van der Waals surface area contributed by atoms with Crippen molar-refractivity contribution in [2.75, 3.05) is 26.1 Å². The Hall–Kier alpha value is -3.26. The van der Waals surface area contributed by atoms with E-state index in [-0.39, 0.29) is 6.54 Å². The number of hydrogen-bond donors (Lipinski definition) is 3. The zero-order chi connectivity index (χ0) is 19.6. The van der Waals surface area contributed by atoms with Crippen molar-refractivity contribution in [3.63, 3.8) is 0 Å². The molecular weight excluding hydrogens is 372 g/mol. The molecule has 3 amide bonds. The first-order chi connectivity index (χ1) is 13.0. The van der Waals surface area contributed by atoms with Gasteiger partial charge in [-0.25, -0.2) is 10.2 Å². The van der Waals surface area contributed by atoms with Crippen LogP contribution in [0.5, 0.6) is 11.5 Å². The molecule has 0 spiro atoms. The summed E-state index contributed by atoms with van der Waals surface area (Å²) in [5.74, 6) is 0.661. The number of nitrogens with zero attached hydrogens (tertiary/aromatic N) is 1. The molecule has 0 saturated carbocycles. The fourth-order valence-corrected chi connectivity index (χ4v) is 2.24. The molecule has 0 unspecified atom stereocenters. The van der Waals surface area contributed by atoms with Crippen LogP contribution in [0, 0.1) is 0 Å². The van der Waals surface area contributed by atoms with Crippen LogP contribution in [0.2, 0.25) is 5.02 Å². The molecular formula is C18H19ClN4O4. The van der Waals surface area contributed by atoms with Gasteiger partial charge in [0.15, 0.2) is 11.5 Å². The Bertz CT molecular complexity index is 842. The van der Waals surface area contributed by atoms with Gasteiger partial charge in [-0.15, -0.1) is 0 Å². The van der Waals surface area contributed by atoms with E-state index in [1.165, 1.54) is 13.3 Å². The molecule has 0 aliphatic carbocycles. The second-order valence-electron chi connectivity index (χ2n) is 5.23. The summed E-state index contributed by atoms with van der Waals surface area (Å²) >= 11 is 5.83. The molecule has 27 heavy (non-hydrogen) atoms. The van der Waals surface area contributed by atoms with Crippen LogP contribution in [-0.4, -0.2) is 38.9 Å². The van der Waals surface area contributed by atoms with E-state index in [4.69, 9.17) is 21.1 Å². The van der Waals surface area contributed by atoms with Crippen LogP contribution in [0.4, 0.5) is 10.5 Å². The maximum atomic E-state index is 11.7. The highest BCUT2D eigenvalue weighted by Gasteiger charge is 2.06. The van der Waals surface area contributed by atoms with E-state index in [1.807, 2.05) is 0 Å². The lowest BCUT2D eigenvalue weighted by Gasteiger charge is -2.08. The highest BCUT2D eigenvalue weighted by molar-refractivity contribution is 6.30. The van der Waals surface area contributed by atoms with Crippen molar-refractivity contribution in [3.05, 3.63) is 53.1 Å². The second kappa shape index (κ2) is 10.0. The first-order valence-corrected chi connectivity index (χ1v) is 8.24. The molecule has 0 fully saturated rings. The highest BCUT2D eigenvalue weighted by Crippen LogP contribution is 2.26. The lowest BCUT2D eigenvalue weighted by Crippen LogP contribution is -2.37. The van der Waals surface area contributed by atoms with Crippen LogP contribution >= 0.6 is 11.6 Å². The molecule has 0 aliphatic heterocycles. The van der Waals surface area contributed by atoms with Gasteiger partial charge >= 0.3 is 6.03 Å². The third kappa shape index (κ3) is 6.52. The number of methoxy groups -OCH3 is 2. The fourth-order valence-electron chi connectivity index (χ4n) is 2.05. The molecule has 9 heteroatoms. The number of carbonyl (C=O) groups excluding carboxylic acids is 2. The van der Waals surface area contributed by atoms with Gasteiger partial charge in [0.25, 0.3) is 5.91 Å². The van der Waals surface area contributed by atoms with E-state index in [2.05, 4.69) is 21.2 Å². The van der Waals surface area contributed by atoms with Gasteiger partial charge < -0.3 is 20.1 Å². The van der Waals surface area contributed by atoms with Gasteiger partial charge in [-0.2, -0.15) is 5.10 Å². The quantitative estimate of drug-likeness (QED) is 0.499. The van der Waals surface area contributed by atoms with Crippen molar-refractivity contribution in [2.24, 2.45) is 5.10 Å².